The number of alkyl halides is 6. The van der Waals surface area contributed by atoms with Crippen molar-refractivity contribution in [2.24, 2.45) is 0 Å². The Morgan fingerprint density at radius 1 is 0.860 bits per heavy atom. The number of phenolic OH excluding ortho intramolecular Hbond substituents is 1. The van der Waals surface area contributed by atoms with E-state index < -0.39 is 23.9 Å². The van der Waals surface area contributed by atoms with E-state index in [0.717, 1.165) is 50.3 Å². The van der Waals surface area contributed by atoms with Gasteiger partial charge in [-0.15, -0.1) is 0 Å². The molecule has 2 heterocycles. The third-order valence-electron chi connectivity index (χ3n) is 7.15. The molecule has 1 fully saturated rings. The number of halogens is 6. The number of nitrogens with one attached hydrogen (secondary N) is 3. The molecule has 1 aromatic heterocycles. The van der Waals surface area contributed by atoms with Crippen LogP contribution >= 0.6 is 0 Å². The van der Waals surface area contributed by atoms with Crippen molar-refractivity contribution in [3.63, 3.8) is 0 Å². The summed E-state index contributed by atoms with van der Waals surface area (Å²) in [6, 6.07) is 19.4. The van der Waals surface area contributed by atoms with Crippen LogP contribution in [0.5, 0.6) is 11.5 Å². The minimum atomic E-state index is -5.08. The van der Waals surface area contributed by atoms with Crippen molar-refractivity contribution in [1.29, 1.82) is 0 Å². The van der Waals surface area contributed by atoms with Crippen molar-refractivity contribution in [3.05, 3.63) is 83.9 Å². The Hall–Kier alpha value is -5.32. The Morgan fingerprint density at radius 2 is 1.50 bits per heavy atom. The number of anilines is 3. The van der Waals surface area contributed by atoms with Crippen LogP contribution in [0.2, 0.25) is 0 Å². The smallest absolute Gasteiger partial charge is 0.490 e. The third-order valence-corrected chi connectivity index (χ3v) is 7.15. The van der Waals surface area contributed by atoms with Gasteiger partial charge in [0.25, 0.3) is 0 Å². The molecule has 0 unspecified atom stereocenters. The fourth-order valence-corrected chi connectivity index (χ4v) is 4.66. The van der Waals surface area contributed by atoms with Gasteiger partial charge < -0.3 is 35.8 Å². The second kappa shape index (κ2) is 17.4. The highest BCUT2D eigenvalue weighted by Crippen LogP contribution is 2.35. The molecule has 50 heavy (non-hydrogen) atoms. The molecule has 1 aliphatic heterocycles. The SMILES string of the molecule is O=C(O)C(F)(F)F.Oc1ccc(CCNc2nc(NCCCOc3ccccc3-c3cccc(C(F)(F)F)c3)nc(N3CCNCC3)n2)cc1. The van der Waals surface area contributed by atoms with E-state index in [2.05, 4.69) is 35.8 Å². The maximum absolute atomic E-state index is 13.2. The Labute approximate surface area is 283 Å². The predicted molar refractivity (Wildman–Crippen MR) is 174 cm³/mol. The molecular formula is C33H35F6N7O4. The molecule has 1 saturated heterocycles. The van der Waals surface area contributed by atoms with Crippen LogP contribution in [0.3, 0.4) is 0 Å². The van der Waals surface area contributed by atoms with Gasteiger partial charge in [-0.05, 0) is 54.3 Å². The number of carbonyl (C=O) groups is 1. The minimum absolute atomic E-state index is 0.232. The van der Waals surface area contributed by atoms with E-state index in [-0.39, 0.29) is 5.75 Å². The zero-order valence-electron chi connectivity index (χ0n) is 26.6. The number of phenols is 1. The molecule has 4 aromatic rings. The van der Waals surface area contributed by atoms with Crippen molar-refractivity contribution in [2.75, 3.05) is 61.4 Å². The number of aromatic hydroxyl groups is 1. The third kappa shape index (κ3) is 11.7. The van der Waals surface area contributed by atoms with Crippen LogP contribution in [0, 0.1) is 0 Å². The lowest BCUT2D eigenvalue weighted by Gasteiger charge is -2.27. The average molecular weight is 708 g/mol. The molecule has 11 nitrogen and oxygen atoms in total. The number of nitrogens with zero attached hydrogens (tertiary/aromatic N) is 4. The molecule has 1 aliphatic rings. The molecule has 5 rings (SSSR count). The van der Waals surface area contributed by atoms with Crippen molar-refractivity contribution >= 4 is 23.8 Å². The topological polar surface area (TPSA) is 145 Å². The number of carboxylic acid groups (broad SMARTS) is 1. The Morgan fingerprint density at radius 3 is 2.14 bits per heavy atom. The first-order valence-corrected chi connectivity index (χ1v) is 15.5. The fraction of sp³-hybridized carbons (Fsp3) is 0.333. The summed E-state index contributed by atoms with van der Waals surface area (Å²) in [5, 5.41) is 26.5. The maximum atomic E-state index is 13.2. The van der Waals surface area contributed by atoms with E-state index in [1.807, 2.05) is 12.1 Å². The van der Waals surface area contributed by atoms with E-state index >= 15 is 0 Å². The van der Waals surface area contributed by atoms with Crippen LogP contribution in [0.1, 0.15) is 17.5 Å². The minimum Gasteiger partial charge on any atom is -0.508 e. The average Bonchev–Trinajstić information content (AvgIpc) is 3.09. The van der Waals surface area contributed by atoms with Crippen LogP contribution in [0.25, 0.3) is 11.1 Å². The van der Waals surface area contributed by atoms with Crippen molar-refractivity contribution in [1.82, 2.24) is 20.3 Å². The first-order chi connectivity index (χ1) is 23.8. The number of aliphatic carboxylic acids is 1. The van der Waals surface area contributed by atoms with Gasteiger partial charge in [0.2, 0.25) is 17.8 Å². The van der Waals surface area contributed by atoms with Gasteiger partial charge >= 0.3 is 18.3 Å². The predicted octanol–water partition coefficient (Wildman–Crippen LogP) is 5.84. The summed E-state index contributed by atoms with van der Waals surface area (Å²) in [5.41, 5.74) is 1.42. The highest BCUT2D eigenvalue weighted by Gasteiger charge is 2.38. The molecule has 0 radical (unpaired) electrons. The lowest BCUT2D eigenvalue weighted by atomic mass is 10.0. The van der Waals surface area contributed by atoms with Gasteiger partial charge in [-0.1, -0.05) is 42.5 Å². The van der Waals surface area contributed by atoms with E-state index in [1.54, 1.807) is 42.5 Å². The second-order valence-corrected chi connectivity index (χ2v) is 10.9. The van der Waals surface area contributed by atoms with Gasteiger partial charge in [-0.25, -0.2) is 4.79 Å². The molecule has 5 N–H and O–H groups in total. The van der Waals surface area contributed by atoms with E-state index in [9.17, 15) is 31.4 Å². The highest BCUT2D eigenvalue weighted by atomic mass is 19.4. The molecule has 17 heteroatoms. The van der Waals surface area contributed by atoms with Crippen molar-refractivity contribution < 1.29 is 46.1 Å². The number of rotatable bonds is 12. The maximum Gasteiger partial charge on any atom is 0.490 e. The normalized spacial score (nSPS) is 13.2. The van der Waals surface area contributed by atoms with Gasteiger partial charge in [0.1, 0.15) is 11.5 Å². The molecule has 0 atom stereocenters. The number of hydrogen-bond acceptors (Lipinski definition) is 10. The van der Waals surface area contributed by atoms with Crippen LogP contribution in [-0.2, 0) is 17.4 Å². The lowest BCUT2D eigenvalue weighted by molar-refractivity contribution is -0.192. The summed E-state index contributed by atoms with van der Waals surface area (Å²) >= 11 is 0. The summed E-state index contributed by atoms with van der Waals surface area (Å²) in [6.45, 7) is 4.73. The zero-order valence-corrected chi connectivity index (χ0v) is 26.6. The van der Waals surface area contributed by atoms with E-state index in [1.165, 1.54) is 6.07 Å². The highest BCUT2D eigenvalue weighted by molar-refractivity contribution is 5.73. The van der Waals surface area contributed by atoms with Crippen LogP contribution in [0.15, 0.2) is 72.8 Å². The summed E-state index contributed by atoms with van der Waals surface area (Å²) in [6.07, 6.45) is -8.16. The standard InChI is InChI=1S/C31H34F3N7O2.C2HF3O2/c32-31(33,34)24-6-3-5-23(21-24)26-7-1-2-8-27(26)43-20-4-14-36-28-38-29(37-15-13-22-9-11-25(42)12-10-22)40-30(39-28)41-18-16-35-17-19-41;3-2(4,5)1(6)7/h1-3,5-12,21,35,42H,4,13-20H2,(H2,36,37,38,39,40);(H,6,7). The molecule has 0 amide bonds. The van der Waals surface area contributed by atoms with Crippen molar-refractivity contribution in [2.45, 2.75) is 25.2 Å². The van der Waals surface area contributed by atoms with Gasteiger partial charge in [-0.2, -0.15) is 41.3 Å². The van der Waals surface area contributed by atoms with Crippen molar-refractivity contribution in [3.8, 4) is 22.6 Å². The number of benzene rings is 3. The molecule has 0 bridgehead atoms. The number of hydrogen-bond donors (Lipinski definition) is 5. The van der Waals surface area contributed by atoms with Crippen LogP contribution in [0.4, 0.5) is 44.2 Å². The summed E-state index contributed by atoms with van der Waals surface area (Å²) < 4.78 is 77.4. The van der Waals surface area contributed by atoms with Gasteiger partial charge in [0.15, 0.2) is 0 Å². The largest absolute Gasteiger partial charge is 0.508 e. The quantitative estimate of drug-likeness (QED) is 0.0895. The molecule has 268 valence electrons. The number of piperazine rings is 1. The Kier molecular flexibility index (Phi) is 13.0. The number of ether oxygens (including phenoxy) is 1. The molecule has 0 saturated carbocycles. The molecule has 3 aromatic carbocycles. The fourth-order valence-electron chi connectivity index (χ4n) is 4.66. The Bertz CT molecular complexity index is 1680. The molecule has 0 aliphatic carbocycles. The first-order valence-electron chi connectivity index (χ1n) is 15.5. The van der Waals surface area contributed by atoms with Crippen LogP contribution in [-0.4, -0.2) is 83.2 Å². The van der Waals surface area contributed by atoms with E-state index in [0.29, 0.717) is 60.8 Å². The number of carboxylic acids is 1. The zero-order chi connectivity index (χ0) is 36.1. The van der Waals surface area contributed by atoms with Crippen LogP contribution < -0.4 is 25.6 Å². The number of para-hydroxylation sites is 1. The summed E-state index contributed by atoms with van der Waals surface area (Å²) in [7, 11) is 0. The first kappa shape index (κ1) is 37.5. The monoisotopic (exact) mass is 707 g/mol. The number of aromatic nitrogens is 3. The molecule has 0 spiro atoms. The second-order valence-electron chi connectivity index (χ2n) is 10.9. The van der Waals surface area contributed by atoms with E-state index in [4.69, 9.17) is 14.6 Å². The Balaban J connectivity index is 0.000000727. The lowest BCUT2D eigenvalue weighted by Crippen LogP contribution is -2.44. The van der Waals surface area contributed by atoms with Gasteiger partial charge in [0, 0.05) is 44.8 Å². The van der Waals surface area contributed by atoms with Gasteiger partial charge in [0.05, 0.1) is 12.2 Å². The van der Waals surface area contributed by atoms with Gasteiger partial charge in [-0.3, -0.25) is 0 Å². The summed E-state index contributed by atoms with van der Waals surface area (Å²) in [4.78, 5) is 24.8. The molecular weight excluding hydrogens is 672 g/mol. The summed E-state index contributed by atoms with van der Waals surface area (Å²) in [5.74, 6) is -0.500.